The molecule has 0 N–H and O–H groups in total. The molecule has 1 fully saturated rings. The Kier molecular flexibility index (Phi) is 5.23. The number of hydrogen-bond acceptors (Lipinski definition) is 6. The van der Waals surface area contributed by atoms with Crippen molar-refractivity contribution in [1.82, 2.24) is 24.9 Å². The highest BCUT2D eigenvalue weighted by Crippen LogP contribution is 2.22. The lowest BCUT2D eigenvalue weighted by atomic mass is 10.1. The number of pyridine rings is 1. The van der Waals surface area contributed by atoms with E-state index in [1.165, 1.54) is 0 Å². The van der Waals surface area contributed by atoms with Gasteiger partial charge >= 0.3 is 0 Å². The Balaban J connectivity index is 1.61. The van der Waals surface area contributed by atoms with Crippen molar-refractivity contribution in [2.75, 3.05) is 26.8 Å². The molecule has 0 saturated carbocycles. The quantitative estimate of drug-likeness (QED) is 0.796. The lowest BCUT2D eigenvalue weighted by Gasteiger charge is -2.42. The summed E-state index contributed by atoms with van der Waals surface area (Å²) >= 11 is 0. The molecule has 1 saturated heterocycles. The van der Waals surface area contributed by atoms with E-state index in [0.717, 1.165) is 30.9 Å². The molecule has 1 aliphatic heterocycles. The van der Waals surface area contributed by atoms with Gasteiger partial charge in [-0.25, -0.2) is 4.68 Å². The molecule has 0 aromatic carbocycles. The van der Waals surface area contributed by atoms with E-state index >= 15 is 0 Å². The fourth-order valence-electron chi connectivity index (χ4n) is 3.21. The summed E-state index contributed by atoms with van der Waals surface area (Å²) in [6.45, 7) is 7.98. The zero-order valence-electron chi connectivity index (χ0n) is 14.6. The minimum absolute atomic E-state index is 0.0872. The van der Waals surface area contributed by atoms with E-state index in [1.807, 2.05) is 29.2 Å². The van der Waals surface area contributed by atoms with Gasteiger partial charge in [-0.05, 0) is 25.5 Å². The highest BCUT2D eigenvalue weighted by molar-refractivity contribution is 5.09. The van der Waals surface area contributed by atoms with E-state index in [0.29, 0.717) is 13.2 Å². The molecule has 1 aliphatic rings. The number of nitrogens with zero attached hydrogens (tertiary/aromatic N) is 5. The van der Waals surface area contributed by atoms with Gasteiger partial charge in [0.25, 0.3) is 0 Å². The number of hydrogen-bond donors (Lipinski definition) is 0. The first-order valence-electron chi connectivity index (χ1n) is 8.21. The molecular formula is C17H25N5O2. The predicted octanol–water partition coefficient (Wildman–Crippen LogP) is 1.35. The predicted molar refractivity (Wildman–Crippen MR) is 89.5 cm³/mol. The maximum Gasteiger partial charge on any atom is 0.0967 e. The molecule has 0 bridgehead atoms. The van der Waals surface area contributed by atoms with Crippen LogP contribution in [0.4, 0.5) is 0 Å². The van der Waals surface area contributed by atoms with Gasteiger partial charge in [0.2, 0.25) is 0 Å². The third-order valence-electron chi connectivity index (χ3n) is 3.94. The second-order valence-electron chi connectivity index (χ2n) is 6.89. The van der Waals surface area contributed by atoms with Crippen molar-refractivity contribution in [3.8, 4) is 0 Å². The summed E-state index contributed by atoms with van der Waals surface area (Å²) in [6, 6.07) is 3.97. The molecule has 0 spiro atoms. The molecule has 2 aromatic rings. The molecular weight excluding hydrogens is 306 g/mol. The average molecular weight is 331 g/mol. The molecule has 3 rings (SSSR count). The van der Waals surface area contributed by atoms with Gasteiger partial charge in [-0.1, -0.05) is 11.3 Å². The lowest BCUT2D eigenvalue weighted by molar-refractivity contribution is -0.154. The summed E-state index contributed by atoms with van der Waals surface area (Å²) < 4.78 is 13.2. The normalized spacial score (nSPS) is 21.0. The Morgan fingerprint density at radius 3 is 3.00 bits per heavy atom. The minimum atomic E-state index is -0.187. The number of aromatic nitrogens is 4. The van der Waals surface area contributed by atoms with Crippen LogP contribution in [0.1, 0.15) is 25.1 Å². The largest absolute Gasteiger partial charge is 0.382 e. The summed E-state index contributed by atoms with van der Waals surface area (Å²) in [4.78, 5) is 6.48. The molecule has 1 unspecified atom stereocenters. The van der Waals surface area contributed by atoms with Crippen LogP contribution in [0.3, 0.4) is 0 Å². The van der Waals surface area contributed by atoms with Crippen LogP contribution in [0.2, 0.25) is 0 Å². The Morgan fingerprint density at radius 2 is 2.25 bits per heavy atom. The summed E-state index contributed by atoms with van der Waals surface area (Å²) in [5.74, 6) is 0. The first-order valence-corrected chi connectivity index (χ1v) is 8.21. The van der Waals surface area contributed by atoms with Gasteiger partial charge in [0.1, 0.15) is 0 Å². The highest BCUT2D eigenvalue weighted by Gasteiger charge is 2.33. The minimum Gasteiger partial charge on any atom is -0.382 e. The standard InChI is InChI=1S/C17H25N5O2/c1-17(2)13-21(11-16(24-17)12-23-3)9-15-10-22(20-19-15)8-14-5-4-6-18-7-14/h4-7,10,16H,8-9,11-13H2,1-3H3. The Labute approximate surface area is 142 Å². The fourth-order valence-corrected chi connectivity index (χ4v) is 3.21. The Hall–Kier alpha value is -1.83. The summed E-state index contributed by atoms with van der Waals surface area (Å²) in [5.41, 5.74) is 1.89. The second kappa shape index (κ2) is 7.38. The van der Waals surface area contributed by atoms with Crippen molar-refractivity contribution in [2.45, 2.75) is 38.6 Å². The van der Waals surface area contributed by atoms with Crippen molar-refractivity contribution in [3.05, 3.63) is 42.0 Å². The van der Waals surface area contributed by atoms with Crippen LogP contribution in [0.15, 0.2) is 30.7 Å². The van der Waals surface area contributed by atoms with Crippen molar-refractivity contribution >= 4 is 0 Å². The van der Waals surface area contributed by atoms with Crippen LogP contribution in [0.5, 0.6) is 0 Å². The van der Waals surface area contributed by atoms with Crippen LogP contribution in [0, 0.1) is 0 Å². The fraction of sp³-hybridized carbons (Fsp3) is 0.588. The number of rotatable bonds is 6. The molecule has 3 heterocycles. The third kappa shape index (κ3) is 4.59. The molecule has 130 valence electrons. The van der Waals surface area contributed by atoms with Crippen molar-refractivity contribution in [1.29, 1.82) is 0 Å². The average Bonchev–Trinajstić information content (AvgIpc) is 2.94. The van der Waals surface area contributed by atoms with Gasteiger partial charge in [0, 0.05) is 39.1 Å². The van der Waals surface area contributed by atoms with E-state index in [4.69, 9.17) is 9.47 Å². The van der Waals surface area contributed by atoms with Gasteiger partial charge in [0.15, 0.2) is 0 Å². The zero-order valence-corrected chi connectivity index (χ0v) is 14.6. The Bertz CT molecular complexity index is 643. The zero-order chi connectivity index (χ0) is 17.0. The summed E-state index contributed by atoms with van der Waals surface area (Å²) in [6.07, 6.45) is 5.71. The maximum absolute atomic E-state index is 6.05. The smallest absolute Gasteiger partial charge is 0.0967 e. The Morgan fingerprint density at radius 1 is 1.38 bits per heavy atom. The molecule has 7 nitrogen and oxygen atoms in total. The molecule has 7 heteroatoms. The molecule has 1 atom stereocenters. The SMILES string of the molecule is COCC1CN(Cc2cn(Cc3cccnc3)nn2)CC(C)(C)O1. The summed E-state index contributed by atoms with van der Waals surface area (Å²) in [7, 11) is 1.71. The van der Waals surface area contributed by atoms with Gasteiger partial charge < -0.3 is 9.47 Å². The van der Waals surface area contributed by atoms with Crippen LogP contribution in [-0.2, 0) is 22.6 Å². The van der Waals surface area contributed by atoms with Crippen LogP contribution in [-0.4, -0.2) is 63.4 Å². The van der Waals surface area contributed by atoms with Crippen molar-refractivity contribution < 1.29 is 9.47 Å². The first kappa shape index (κ1) is 17.0. The first-order chi connectivity index (χ1) is 11.5. The maximum atomic E-state index is 6.05. The number of ether oxygens (including phenoxy) is 2. The van der Waals surface area contributed by atoms with E-state index < -0.39 is 0 Å². The van der Waals surface area contributed by atoms with Crippen molar-refractivity contribution in [3.63, 3.8) is 0 Å². The summed E-state index contributed by atoms with van der Waals surface area (Å²) in [5, 5.41) is 8.53. The van der Waals surface area contributed by atoms with Crippen LogP contribution in [0.25, 0.3) is 0 Å². The number of morpholine rings is 1. The van der Waals surface area contributed by atoms with Gasteiger partial charge in [-0.2, -0.15) is 0 Å². The highest BCUT2D eigenvalue weighted by atomic mass is 16.5. The molecule has 24 heavy (non-hydrogen) atoms. The van der Waals surface area contributed by atoms with Crippen LogP contribution >= 0.6 is 0 Å². The van der Waals surface area contributed by atoms with Gasteiger partial charge in [0.05, 0.1) is 36.7 Å². The second-order valence-corrected chi connectivity index (χ2v) is 6.89. The number of methoxy groups -OCH3 is 1. The molecule has 0 aliphatic carbocycles. The van der Waals surface area contributed by atoms with Gasteiger partial charge in [-0.15, -0.1) is 5.10 Å². The monoisotopic (exact) mass is 331 g/mol. The van der Waals surface area contributed by atoms with E-state index in [-0.39, 0.29) is 11.7 Å². The topological polar surface area (TPSA) is 65.3 Å². The van der Waals surface area contributed by atoms with Gasteiger partial charge in [-0.3, -0.25) is 9.88 Å². The van der Waals surface area contributed by atoms with Crippen molar-refractivity contribution in [2.24, 2.45) is 0 Å². The van der Waals surface area contributed by atoms with E-state index in [9.17, 15) is 0 Å². The van der Waals surface area contributed by atoms with E-state index in [1.54, 1.807) is 13.3 Å². The molecule has 0 radical (unpaired) electrons. The molecule has 2 aromatic heterocycles. The lowest BCUT2D eigenvalue weighted by Crippen LogP contribution is -2.53. The third-order valence-corrected chi connectivity index (χ3v) is 3.94. The molecule has 0 amide bonds. The van der Waals surface area contributed by atoms with Crippen LogP contribution < -0.4 is 0 Å². The van der Waals surface area contributed by atoms with E-state index in [2.05, 4.69) is 34.0 Å².